The number of nitrogens with one attached hydrogen (secondary N) is 1. The maximum Gasteiger partial charge on any atom is 0.254 e. The number of nitrogens with two attached hydrogens (primary N) is 1. The quantitative estimate of drug-likeness (QED) is 0.815. The Morgan fingerprint density at radius 3 is 2.61 bits per heavy atom. The monoisotopic (exact) mass is 271 g/mol. The summed E-state index contributed by atoms with van der Waals surface area (Å²) >= 11 is 0. The maximum absolute atomic E-state index is 11.8. The molecule has 1 aromatic rings. The summed E-state index contributed by atoms with van der Waals surface area (Å²) in [5.41, 5.74) is 6.17. The van der Waals surface area contributed by atoms with Crippen molar-refractivity contribution in [3.8, 4) is 0 Å². The van der Waals surface area contributed by atoms with Crippen LogP contribution >= 0.6 is 0 Å². The van der Waals surface area contributed by atoms with Crippen LogP contribution in [0.2, 0.25) is 0 Å². The van der Waals surface area contributed by atoms with Gasteiger partial charge in [-0.05, 0) is 19.9 Å². The smallest absolute Gasteiger partial charge is 0.254 e. The summed E-state index contributed by atoms with van der Waals surface area (Å²) in [6, 6.07) is 1.51. The van der Waals surface area contributed by atoms with E-state index >= 15 is 0 Å². The fourth-order valence-electron chi connectivity index (χ4n) is 1.11. The number of aromatic nitrogens is 1. The minimum absolute atomic E-state index is 0.0129. The lowest BCUT2D eigenvalue weighted by atomic mass is 10.2. The van der Waals surface area contributed by atoms with Gasteiger partial charge in [0.1, 0.15) is 0 Å². The second-order valence-electron chi connectivity index (χ2n) is 4.68. The first-order chi connectivity index (χ1) is 8.15. The maximum atomic E-state index is 11.8. The Morgan fingerprint density at radius 1 is 1.50 bits per heavy atom. The molecule has 0 radical (unpaired) electrons. The van der Waals surface area contributed by atoms with Crippen LogP contribution in [0.5, 0.6) is 0 Å². The number of sulfone groups is 1. The van der Waals surface area contributed by atoms with Crippen molar-refractivity contribution in [2.75, 3.05) is 18.5 Å². The van der Waals surface area contributed by atoms with Gasteiger partial charge in [0, 0.05) is 30.9 Å². The fraction of sp³-hybridized carbons (Fsp3) is 0.455. The van der Waals surface area contributed by atoms with Crippen LogP contribution in [0.1, 0.15) is 24.2 Å². The van der Waals surface area contributed by atoms with Crippen LogP contribution in [-0.4, -0.2) is 36.9 Å². The van der Waals surface area contributed by atoms with E-state index < -0.39 is 20.5 Å². The van der Waals surface area contributed by atoms with E-state index in [1.807, 2.05) is 0 Å². The van der Waals surface area contributed by atoms with Gasteiger partial charge < -0.3 is 11.1 Å². The highest BCUT2D eigenvalue weighted by Crippen LogP contribution is 2.14. The van der Waals surface area contributed by atoms with E-state index in [-0.39, 0.29) is 12.1 Å². The van der Waals surface area contributed by atoms with Crippen molar-refractivity contribution < 1.29 is 13.2 Å². The molecule has 0 aromatic carbocycles. The third-order valence-corrected chi connectivity index (χ3v) is 4.93. The first-order valence-corrected chi connectivity index (χ1v) is 7.21. The van der Waals surface area contributed by atoms with Crippen LogP contribution in [0, 0.1) is 0 Å². The molecule has 0 spiro atoms. The lowest BCUT2D eigenvalue weighted by molar-refractivity contribution is 0.0951. The predicted octanol–water partition coefficient (Wildman–Crippen LogP) is 0.217. The van der Waals surface area contributed by atoms with Crippen molar-refractivity contribution in [3.05, 3.63) is 24.0 Å². The largest absolute Gasteiger partial charge is 0.398 e. The third-order valence-electron chi connectivity index (χ3n) is 2.78. The van der Waals surface area contributed by atoms with Gasteiger partial charge in [-0.3, -0.25) is 9.78 Å². The van der Waals surface area contributed by atoms with Crippen LogP contribution in [0.25, 0.3) is 0 Å². The van der Waals surface area contributed by atoms with E-state index in [1.165, 1.54) is 18.5 Å². The summed E-state index contributed by atoms with van der Waals surface area (Å²) in [7, 11) is -3.25. The molecule has 18 heavy (non-hydrogen) atoms. The SMILES string of the molecule is CC(C)(CNC(=O)c1cnccc1N)S(C)(=O)=O. The molecule has 0 unspecified atom stereocenters. The van der Waals surface area contributed by atoms with Gasteiger partial charge in [-0.25, -0.2) is 8.42 Å². The van der Waals surface area contributed by atoms with E-state index in [9.17, 15) is 13.2 Å². The number of hydrogen-bond acceptors (Lipinski definition) is 5. The molecular formula is C11H17N3O3S. The standard InChI is InChI=1S/C11H17N3O3S/c1-11(2,18(3,16)17)7-14-10(15)8-6-13-5-4-9(8)12/h4-6H,7H2,1-3H3,(H2,12,13)(H,14,15). The molecular weight excluding hydrogens is 254 g/mol. The lowest BCUT2D eigenvalue weighted by Gasteiger charge is -2.22. The summed E-state index contributed by atoms with van der Waals surface area (Å²) in [5.74, 6) is -0.433. The summed E-state index contributed by atoms with van der Waals surface area (Å²) < 4.78 is 21.9. The van der Waals surface area contributed by atoms with Crippen molar-refractivity contribution in [1.82, 2.24) is 10.3 Å². The molecule has 0 fully saturated rings. The molecule has 0 aliphatic carbocycles. The fourth-order valence-corrected chi connectivity index (χ4v) is 1.45. The van der Waals surface area contributed by atoms with Gasteiger partial charge in [0.25, 0.3) is 5.91 Å². The van der Waals surface area contributed by atoms with Gasteiger partial charge in [-0.1, -0.05) is 0 Å². The number of carbonyl (C=O) groups is 1. The summed E-state index contributed by atoms with van der Waals surface area (Å²) in [6.45, 7) is 3.11. The summed E-state index contributed by atoms with van der Waals surface area (Å²) in [6.07, 6.45) is 3.96. The molecule has 0 saturated heterocycles. The van der Waals surface area contributed by atoms with Crippen molar-refractivity contribution in [2.24, 2.45) is 0 Å². The number of carbonyl (C=O) groups excluding carboxylic acids is 1. The average molecular weight is 271 g/mol. The molecule has 1 aromatic heterocycles. The molecule has 1 amide bonds. The van der Waals surface area contributed by atoms with Crippen LogP contribution in [0.4, 0.5) is 5.69 Å². The first-order valence-electron chi connectivity index (χ1n) is 5.32. The first kappa shape index (κ1) is 14.4. The van der Waals surface area contributed by atoms with Crippen molar-refractivity contribution >= 4 is 21.4 Å². The third kappa shape index (κ3) is 3.19. The van der Waals surface area contributed by atoms with Crippen LogP contribution < -0.4 is 11.1 Å². The molecule has 0 aliphatic heterocycles. The number of hydrogen-bond donors (Lipinski definition) is 2. The van der Waals surface area contributed by atoms with Gasteiger partial charge >= 0.3 is 0 Å². The Kier molecular flexibility index (Phi) is 3.95. The van der Waals surface area contributed by atoms with E-state index in [0.717, 1.165) is 6.26 Å². The zero-order chi connectivity index (χ0) is 14.0. The Balaban J connectivity index is 2.77. The van der Waals surface area contributed by atoms with Crippen molar-refractivity contribution in [3.63, 3.8) is 0 Å². The molecule has 1 rings (SSSR count). The number of rotatable bonds is 4. The Morgan fingerprint density at radius 2 is 2.11 bits per heavy atom. The number of amides is 1. The van der Waals surface area contributed by atoms with Gasteiger partial charge in [-0.15, -0.1) is 0 Å². The highest BCUT2D eigenvalue weighted by molar-refractivity contribution is 7.92. The zero-order valence-electron chi connectivity index (χ0n) is 10.6. The van der Waals surface area contributed by atoms with Crippen LogP contribution in [-0.2, 0) is 9.84 Å². The number of anilines is 1. The molecule has 0 aliphatic rings. The number of nitrogen functional groups attached to an aromatic ring is 1. The van der Waals surface area contributed by atoms with Gasteiger partial charge in [-0.2, -0.15) is 0 Å². The average Bonchev–Trinajstić information content (AvgIpc) is 2.25. The minimum Gasteiger partial charge on any atom is -0.398 e. The van der Waals surface area contributed by atoms with Crippen LogP contribution in [0.15, 0.2) is 18.5 Å². The molecule has 3 N–H and O–H groups in total. The Hall–Kier alpha value is -1.63. The second kappa shape index (κ2) is 4.93. The number of nitrogens with zero attached hydrogens (tertiary/aromatic N) is 1. The molecule has 0 atom stereocenters. The van der Waals surface area contributed by atoms with Crippen LogP contribution in [0.3, 0.4) is 0 Å². The zero-order valence-corrected chi connectivity index (χ0v) is 11.4. The van der Waals surface area contributed by atoms with Gasteiger partial charge in [0.15, 0.2) is 9.84 Å². The molecule has 100 valence electrons. The summed E-state index contributed by atoms with van der Waals surface area (Å²) in [4.78, 5) is 15.6. The Bertz CT molecular complexity index is 552. The minimum atomic E-state index is -3.25. The highest BCUT2D eigenvalue weighted by Gasteiger charge is 2.30. The normalized spacial score (nSPS) is 12.2. The lowest BCUT2D eigenvalue weighted by Crippen LogP contribution is -2.43. The van der Waals surface area contributed by atoms with Crippen molar-refractivity contribution in [2.45, 2.75) is 18.6 Å². The molecule has 6 nitrogen and oxygen atoms in total. The van der Waals surface area contributed by atoms with Gasteiger partial charge in [0.2, 0.25) is 0 Å². The van der Waals surface area contributed by atoms with E-state index in [0.29, 0.717) is 5.69 Å². The predicted molar refractivity (Wildman–Crippen MR) is 69.9 cm³/mol. The molecule has 0 bridgehead atoms. The molecule has 7 heteroatoms. The van der Waals surface area contributed by atoms with Gasteiger partial charge in [0.05, 0.1) is 10.3 Å². The second-order valence-corrected chi connectivity index (χ2v) is 7.33. The van der Waals surface area contributed by atoms with E-state index in [4.69, 9.17) is 5.73 Å². The topological polar surface area (TPSA) is 102 Å². The summed E-state index contributed by atoms with van der Waals surface area (Å²) in [5, 5.41) is 2.55. The van der Waals surface area contributed by atoms with Crippen molar-refractivity contribution in [1.29, 1.82) is 0 Å². The molecule has 1 heterocycles. The number of pyridine rings is 1. The Labute approximate surface area is 107 Å². The highest BCUT2D eigenvalue weighted by atomic mass is 32.2. The molecule has 0 saturated carbocycles. The van der Waals surface area contributed by atoms with E-state index in [1.54, 1.807) is 13.8 Å². The van der Waals surface area contributed by atoms with E-state index in [2.05, 4.69) is 10.3 Å².